The molecule has 2 aromatic rings. The number of aryl methyl sites for hydroxylation is 1. The fourth-order valence-electron chi connectivity index (χ4n) is 3.32. The van der Waals surface area contributed by atoms with E-state index in [1.165, 1.54) is 11.8 Å². The van der Waals surface area contributed by atoms with E-state index >= 15 is 0 Å². The first-order valence-electron chi connectivity index (χ1n) is 8.13. The molecule has 2 heterocycles. The normalized spacial score (nSPS) is 19.0. The molecule has 0 amide bonds. The first-order valence-corrected chi connectivity index (χ1v) is 10.0. The van der Waals surface area contributed by atoms with Gasteiger partial charge in [0, 0.05) is 36.9 Å². The largest absolute Gasteiger partial charge is 0.297 e. The monoisotopic (exact) mass is 348 g/mol. The molecule has 1 aromatic carbocycles. The van der Waals surface area contributed by atoms with E-state index in [4.69, 9.17) is 0 Å². The predicted molar refractivity (Wildman–Crippen MR) is 94.7 cm³/mol. The van der Waals surface area contributed by atoms with Crippen molar-refractivity contribution >= 4 is 10.0 Å². The number of rotatable bonds is 5. The number of hydrogen-bond donors (Lipinski definition) is 1. The van der Waals surface area contributed by atoms with Crippen LogP contribution in [0, 0.1) is 13.8 Å². The molecule has 1 aromatic heterocycles. The first kappa shape index (κ1) is 17.1. The molecular formula is C17H24N4O2S. The second-order valence-electron chi connectivity index (χ2n) is 6.51. The zero-order valence-electron chi connectivity index (χ0n) is 14.4. The van der Waals surface area contributed by atoms with Crippen LogP contribution in [0.15, 0.2) is 30.3 Å². The molecule has 7 heteroatoms. The van der Waals surface area contributed by atoms with E-state index in [1.807, 2.05) is 41.9 Å². The second-order valence-corrected chi connectivity index (χ2v) is 8.29. The summed E-state index contributed by atoms with van der Waals surface area (Å²) < 4.78 is 27.4. The summed E-state index contributed by atoms with van der Waals surface area (Å²) in [5.74, 6) is 0. The highest BCUT2D eigenvalue weighted by Crippen LogP contribution is 2.21. The minimum atomic E-state index is -3.15. The Bertz CT molecular complexity index is 815. The fourth-order valence-corrected chi connectivity index (χ4v) is 4.12. The summed E-state index contributed by atoms with van der Waals surface area (Å²) in [5.41, 5.74) is 4.44. The van der Waals surface area contributed by atoms with Gasteiger partial charge < -0.3 is 0 Å². The lowest BCUT2D eigenvalue weighted by Crippen LogP contribution is -2.36. The van der Waals surface area contributed by atoms with Gasteiger partial charge in [0.2, 0.25) is 10.0 Å². The standard InChI is InChI=1S/C17H24N4O2S/c1-13-17(12-20-10-9-15(11-20)19-24(3,22)23)14(2)21(18-13)16-7-5-4-6-8-16/h4-8,15,19H,9-12H2,1-3H3/t15-/m0/s1. The van der Waals surface area contributed by atoms with Gasteiger partial charge in [0.1, 0.15) is 0 Å². The Labute approximate surface area is 143 Å². The second kappa shape index (κ2) is 6.66. The van der Waals surface area contributed by atoms with E-state index in [0.29, 0.717) is 0 Å². The SMILES string of the molecule is Cc1nn(-c2ccccc2)c(C)c1CN1CC[C@H](NS(C)(=O)=O)C1. The molecule has 0 saturated carbocycles. The van der Waals surface area contributed by atoms with E-state index < -0.39 is 10.0 Å². The summed E-state index contributed by atoms with van der Waals surface area (Å²) in [4.78, 5) is 2.29. The van der Waals surface area contributed by atoms with Crippen LogP contribution in [0.25, 0.3) is 5.69 Å². The Morgan fingerprint density at radius 2 is 1.96 bits per heavy atom. The highest BCUT2D eigenvalue weighted by atomic mass is 32.2. The molecule has 0 spiro atoms. The highest BCUT2D eigenvalue weighted by Gasteiger charge is 2.26. The third-order valence-electron chi connectivity index (χ3n) is 4.48. The van der Waals surface area contributed by atoms with Gasteiger partial charge in [-0.2, -0.15) is 5.10 Å². The topological polar surface area (TPSA) is 67.2 Å². The number of nitrogens with one attached hydrogen (secondary N) is 1. The van der Waals surface area contributed by atoms with Crippen LogP contribution in [0.1, 0.15) is 23.4 Å². The maximum absolute atomic E-state index is 11.4. The van der Waals surface area contributed by atoms with Crippen molar-refractivity contribution in [2.24, 2.45) is 0 Å². The third-order valence-corrected chi connectivity index (χ3v) is 5.24. The van der Waals surface area contributed by atoms with E-state index in [2.05, 4.69) is 21.6 Å². The fraction of sp³-hybridized carbons (Fsp3) is 0.471. The summed E-state index contributed by atoms with van der Waals surface area (Å²) in [7, 11) is -3.15. The van der Waals surface area contributed by atoms with Crippen molar-refractivity contribution in [1.29, 1.82) is 0 Å². The van der Waals surface area contributed by atoms with E-state index in [1.54, 1.807) is 0 Å². The van der Waals surface area contributed by atoms with Crippen molar-refractivity contribution in [2.45, 2.75) is 32.9 Å². The minimum Gasteiger partial charge on any atom is -0.297 e. The van der Waals surface area contributed by atoms with Gasteiger partial charge in [0.25, 0.3) is 0 Å². The van der Waals surface area contributed by atoms with Crippen molar-refractivity contribution in [3.05, 3.63) is 47.3 Å². The van der Waals surface area contributed by atoms with Gasteiger partial charge >= 0.3 is 0 Å². The van der Waals surface area contributed by atoms with E-state index in [9.17, 15) is 8.42 Å². The number of nitrogens with zero attached hydrogens (tertiary/aromatic N) is 3. The third kappa shape index (κ3) is 3.85. The molecule has 6 nitrogen and oxygen atoms in total. The maximum Gasteiger partial charge on any atom is 0.208 e. The molecule has 1 N–H and O–H groups in total. The Morgan fingerprint density at radius 3 is 2.62 bits per heavy atom. The van der Waals surface area contributed by atoms with Crippen molar-refractivity contribution in [3.63, 3.8) is 0 Å². The number of sulfonamides is 1. The van der Waals surface area contributed by atoms with Crippen molar-refractivity contribution in [1.82, 2.24) is 19.4 Å². The zero-order valence-corrected chi connectivity index (χ0v) is 15.2. The van der Waals surface area contributed by atoms with Crippen LogP contribution in [-0.2, 0) is 16.6 Å². The molecule has 3 rings (SSSR count). The van der Waals surface area contributed by atoms with Crippen LogP contribution in [0.2, 0.25) is 0 Å². The quantitative estimate of drug-likeness (QED) is 0.891. The van der Waals surface area contributed by atoms with Gasteiger partial charge in [-0.15, -0.1) is 0 Å². The maximum atomic E-state index is 11.4. The average Bonchev–Trinajstić information content (AvgIpc) is 3.06. The summed E-state index contributed by atoms with van der Waals surface area (Å²) in [6.45, 7) is 6.55. The Morgan fingerprint density at radius 1 is 1.25 bits per heavy atom. The smallest absolute Gasteiger partial charge is 0.208 e. The van der Waals surface area contributed by atoms with Crippen LogP contribution in [0.4, 0.5) is 0 Å². The van der Waals surface area contributed by atoms with Crippen LogP contribution >= 0.6 is 0 Å². The number of likely N-dealkylation sites (tertiary alicyclic amines) is 1. The van der Waals surface area contributed by atoms with Crippen LogP contribution in [0.5, 0.6) is 0 Å². The molecule has 1 saturated heterocycles. The first-order chi connectivity index (χ1) is 11.3. The predicted octanol–water partition coefficient (Wildman–Crippen LogP) is 1.61. The molecule has 130 valence electrons. The molecule has 1 fully saturated rings. The zero-order chi connectivity index (χ0) is 17.3. The lowest BCUT2D eigenvalue weighted by molar-refractivity contribution is 0.323. The van der Waals surface area contributed by atoms with Crippen LogP contribution in [0.3, 0.4) is 0 Å². The summed E-state index contributed by atoms with van der Waals surface area (Å²) >= 11 is 0. The van der Waals surface area contributed by atoms with E-state index in [0.717, 1.165) is 43.1 Å². The molecule has 1 aliphatic heterocycles. The Kier molecular flexibility index (Phi) is 4.76. The molecule has 0 bridgehead atoms. The van der Waals surface area contributed by atoms with Gasteiger partial charge in [-0.05, 0) is 32.4 Å². The number of benzene rings is 1. The molecule has 0 radical (unpaired) electrons. The summed E-state index contributed by atoms with van der Waals surface area (Å²) in [5, 5.41) is 4.68. The Hall–Kier alpha value is -1.70. The highest BCUT2D eigenvalue weighted by molar-refractivity contribution is 7.88. The lowest BCUT2D eigenvalue weighted by atomic mass is 10.2. The van der Waals surface area contributed by atoms with Crippen molar-refractivity contribution < 1.29 is 8.42 Å². The van der Waals surface area contributed by atoms with Gasteiger partial charge in [-0.25, -0.2) is 17.8 Å². The minimum absolute atomic E-state index is 0.00443. The number of para-hydroxylation sites is 1. The average molecular weight is 348 g/mol. The molecular weight excluding hydrogens is 324 g/mol. The number of hydrogen-bond acceptors (Lipinski definition) is 4. The molecule has 0 unspecified atom stereocenters. The van der Waals surface area contributed by atoms with Crippen molar-refractivity contribution in [2.75, 3.05) is 19.3 Å². The molecule has 1 aliphatic rings. The lowest BCUT2D eigenvalue weighted by Gasteiger charge is -2.16. The van der Waals surface area contributed by atoms with E-state index in [-0.39, 0.29) is 6.04 Å². The molecule has 0 aliphatic carbocycles. The summed E-state index contributed by atoms with van der Waals surface area (Å²) in [6.07, 6.45) is 2.06. The number of aromatic nitrogens is 2. The van der Waals surface area contributed by atoms with Gasteiger partial charge in [0.15, 0.2) is 0 Å². The Balaban J connectivity index is 1.74. The summed E-state index contributed by atoms with van der Waals surface area (Å²) in [6, 6.07) is 10.1. The van der Waals surface area contributed by atoms with Gasteiger partial charge in [0.05, 0.1) is 17.6 Å². The van der Waals surface area contributed by atoms with Crippen LogP contribution in [-0.4, -0.2) is 48.5 Å². The molecule has 24 heavy (non-hydrogen) atoms. The van der Waals surface area contributed by atoms with Gasteiger partial charge in [-0.3, -0.25) is 4.90 Å². The van der Waals surface area contributed by atoms with Gasteiger partial charge in [-0.1, -0.05) is 18.2 Å². The van der Waals surface area contributed by atoms with Crippen molar-refractivity contribution in [3.8, 4) is 5.69 Å². The van der Waals surface area contributed by atoms with Crippen LogP contribution < -0.4 is 4.72 Å². The molecule has 1 atom stereocenters.